The van der Waals surface area contributed by atoms with Gasteiger partial charge in [0, 0.05) is 0 Å². The summed E-state index contributed by atoms with van der Waals surface area (Å²) in [5, 5.41) is 18.1. The van der Waals surface area contributed by atoms with Crippen molar-refractivity contribution < 1.29 is 29.3 Å². The molecule has 2 atom stereocenters. The van der Waals surface area contributed by atoms with Gasteiger partial charge in [0.05, 0.1) is 0 Å². The van der Waals surface area contributed by atoms with E-state index in [0.717, 1.165) is 0 Å². The molecule has 0 rings (SSSR count). The van der Waals surface area contributed by atoms with Gasteiger partial charge in [0.15, 0.2) is 0 Å². The molecule has 14 heavy (non-hydrogen) atoms. The van der Waals surface area contributed by atoms with Crippen LogP contribution in [0.5, 0.6) is 0 Å². The third-order valence-corrected chi connectivity index (χ3v) is 1.24. The molecule has 0 unspecified atom stereocenters. The van der Waals surface area contributed by atoms with Crippen LogP contribution >= 0.6 is 0 Å². The number of carbonyl (C=O) groups excluding carboxylic acids is 2. The maximum atomic E-state index is 10.1. The number of rotatable bonds is 5. The fourth-order valence-electron chi connectivity index (χ4n) is 0.557. The van der Waals surface area contributed by atoms with E-state index in [4.69, 9.17) is 10.2 Å². The topological polar surface area (TPSA) is 145 Å². The van der Waals surface area contributed by atoms with Crippen LogP contribution in [0.25, 0.3) is 0 Å². The van der Waals surface area contributed by atoms with E-state index < -0.39 is 37.6 Å². The molecule has 0 saturated carbocycles. The Bertz CT molecular complexity index is 186. The van der Waals surface area contributed by atoms with Gasteiger partial charge in [0.1, 0.15) is 25.4 Å². The van der Waals surface area contributed by atoms with Gasteiger partial charge in [0.25, 0.3) is 0 Å². The van der Waals surface area contributed by atoms with Crippen molar-refractivity contribution in [2.75, 3.05) is 13.2 Å². The standard InChI is InChI=1S/C6H12N2O6/c7-5(11)13-1-3(9)4(10)2-14-6(8)12/h3-4,9-10H,1-2H2,(H2,7,11)(H2,8,12)/t3-,4+. The summed E-state index contributed by atoms with van der Waals surface area (Å²) < 4.78 is 8.38. The Hall–Kier alpha value is -1.54. The number of aliphatic hydroxyl groups excluding tert-OH is 2. The largest absolute Gasteiger partial charge is 0.447 e. The first-order valence-electron chi connectivity index (χ1n) is 3.64. The first-order valence-corrected chi connectivity index (χ1v) is 3.64. The van der Waals surface area contributed by atoms with Gasteiger partial charge in [-0.3, -0.25) is 0 Å². The minimum absolute atomic E-state index is 0.487. The summed E-state index contributed by atoms with van der Waals surface area (Å²) in [6, 6.07) is 0. The maximum absolute atomic E-state index is 10.1. The molecule has 0 saturated heterocycles. The van der Waals surface area contributed by atoms with Crippen LogP contribution in [0.1, 0.15) is 0 Å². The zero-order valence-electron chi connectivity index (χ0n) is 7.25. The number of hydrogen-bond acceptors (Lipinski definition) is 6. The van der Waals surface area contributed by atoms with Crippen molar-refractivity contribution in [3.05, 3.63) is 0 Å². The number of ether oxygens (including phenoxy) is 2. The fourth-order valence-corrected chi connectivity index (χ4v) is 0.557. The van der Waals surface area contributed by atoms with Crippen molar-refractivity contribution in [2.24, 2.45) is 11.5 Å². The van der Waals surface area contributed by atoms with Crippen molar-refractivity contribution in [1.29, 1.82) is 0 Å². The van der Waals surface area contributed by atoms with Gasteiger partial charge in [-0.25, -0.2) is 9.59 Å². The number of hydrogen-bond donors (Lipinski definition) is 4. The normalized spacial score (nSPS) is 14.1. The molecule has 0 aromatic heterocycles. The number of aliphatic hydroxyl groups is 2. The zero-order chi connectivity index (χ0) is 11.1. The van der Waals surface area contributed by atoms with Crippen molar-refractivity contribution in [3.8, 4) is 0 Å². The molecule has 0 aromatic rings. The lowest BCUT2D eigenvalue weighted by Gasteiger charge is -2.16. The van der Waals surface area contributed by atoms with Gasteiger partial charge in [-0.15, -0.1) is 0 Å². The first-order chi connectivity index (χ1) is 6.43. The highest BCUT2D eigenvalue weighted by Crippen LogP contribution is 1.95. The van der Waals surface area contributed by atoms with Gasteiger partial charge in [-0.1, -0.05) is 0 Å². The van der Waals surface area contributed by atoms with Crippen LogP contribution in [0.2, 0.25) is 0 Å². The van der Waals surface area contributed by atoms with Crippen molar-refractivity contribution in [1.82, 2.24) is 0 Å². The highest BCUT2D eigenvalue weighted by atomic mass is 16.6. The molecular formula is C6H12N2O6. The lowest BCUT2D eigenvalue weighted by atomic mass is 10.2. The van der Waals surface area contributed by atoms with Crippen molar-refractivity contribution >= 4 is 12.2 Å². The van der Waals surface area contributed by atoms with Gasteiger partial charge >= 0.3 is 12.2 Å². The molecule has 0 fully saturated rings. The summed E-state index contributed by atoms with van der Waals surface area (Å²) in [6.45, 7) is -0.975. The molecule has 0 aliphatic rings. The molecule has 2 amide bonds. The highest BCUT2D eigenvalue weighted by Gasteiger charge is 2.18. The Labute approximate surface area is 79.4 Å². The van der Waals surface area contributed by atoms with E-state index in [2.05, 4.69) is 20.9 Å². The summed E-state index contributed by atoms with van der Waals surface area (Å²) in [7, 11) is 0. The third kappa shape index (κ3) is 6.03. The number of primary amides is 2. The molecule has 6 N–H and O–H groups in total. The van der Waals surface area contributed by atoms with E-state index in [0.29, 0.717) is 0 Å². The lowest BCUT2D eigenvalue weighted by molar-refractivity contribution is -0.0432. The van der Waals surface area contributed by atoms with Gasteiger partial charge in [-0.2, -0.15) is 0 Å². The predicted molar refractivity (Wildman–Crippen MR) is 43.1 cm³/mol. The van der Waals surface area contributed by atoms with E-state index in [1.54, 1.807) is 0 Å². The van der Waals surface area contributed by atoms with E-state index >= 15 is 0 Å². The Kier molecular flexibility index (Phi) is 5.34. The smallest absolute Gasteiger partial charge is 0.404 e. The zero-order valence-corrected chi connectivity index (χ0v) is 7.25. The molecule has 0 bridgehead atoms. The van der Waals surface area contributed by atoms with Crippen LogP contribution in [-0.2, 0) is 9.47 Å². The Morgan fingerprint density at radius 3 is 1.50 bits per heavy atom. The SMILES string of the molecule is NC(=O)OC[C@@H](O)[C@@H](O)COC(N)=O. The second-order valence-corrected chi connectivity index (χ2v) is 2.39. The van der Waals surface area contributed by atoms with E-state index in [1.807, 2.05) is 0 Å². The Morgan fingerprint density at radius 1 is 1.00 bits per heavy atom. The third-order valence-electron chi connectivity index (χ3n) is 1.24. The van der Waals surface area contributed by atoms with Crippen LogP contribution in [0, 0.1) is 0 Å². The second-order valence-electron chi connectivity index (χ2n) is 2.39. The van der Waals surface area contributed by atoms with Crippen LogP contribution in [0.3, 0.4) is 0 Å². The first kappa shape index (κ1) is 12.5. The highest BCUT2D eigenvalue weighted by molar-refractivity contribution is 5.64. The Morgan fingerprint density at radius 2 is 1.29 bits per heavy atom. The van der Waals surface area contributed by atoms with Gasteiger partial charge in [-0.05, 0) is 0 Å². The van der Waals surface area contributed by atoms with Crippen LogP contribution < -0.4 is 11.5 Å². The number of amides is 2. The summed E-state index contributed by atoms with van der Waals surface area (Å²) in [4.78, 5) is 20.2. The van der Waals surface area contributed by atoms with Crippen LogP contribution in [0.4, 0.5) is 9.59 Å². The average Bonchev–Trinajstić information content (AvgIpc) is 2.09. The summed E-state index contributed by atoms with van der Waals surface area (Å²) >= 11 is 0. The lowest BCUT2D eigenvalue weighted by Crippen LogP contribution is -2.37. The second kappa shape index (κ2) is 6.00. The monoisotopic (exact) mass is 208 g/mol. The molecule has 0 spiro atoms. The molecule has 0 heterocycles. The number of nitrogens with two attached hydrogens (primary N) is 2. The minimum Gasteiger partial charge on any atom is -0.447 e. The predicted octanol–water partition coefficient (Wildman–Crippen LogP) is -2.10. The van der Waals surface area contributed by atoms with E-state index in [9.17, 15) is 9.59 Å². The van der Waals surface area contributed by atoms with Crippen molar-refractivity contribution in [3.63, 3.8) is 0 Å². The average molecular weight is 208 g/mol. The molecule has 0 aliphatic carbocycles. The number of carbonyl (C=O) groups is 2. The molecule has 0 aromatic carbocycles. The van der Waals surface area contributed by atoms with Crippen LogP contribution in [0.15, 0.2) is 0 Å². The van der Waals surface area contributed by atoms with Crippen molar-refractivity contribution in [2.45, 2.75) is 12.2 Å². The van der Waals surface area contributed by atoms with Gasteiger partial charge < -0.3 is 31.2 Å². The van der Waals surface area contributed by atoms with E-state index in [1.165, 1.54) is 0 Å². The summed E-state index contributed by atoms with van der Waals surface area (Å²) in [5.41, 5.74) is 9.21. The molecule has 0 radical (unpaired) electrons. The summed E-state index contributed by atoms with van der Waals surface area (Å²) in [5.74, 6) is 0. The molecule has 8 nitrogen and oxygen atoms in total. The van der Waals surface area contributed by atoms with Gasteiger partial charge in [0.2, 0.25) is 0 Å². The minimum atomic E-state index is -1.39. The molecule has 82 valence electrons. The van der Waals surface area contributed by atoms with Crippen LogP contribution in [-0.4, -0.2) is 47.8 Å². The van der Waals surface area contributed by atoms with E-state index in [-0.39, 0.29) is 0 Å². The maximum Gasteiger partial charge on any atom is 0.404 e. The molecule has 0 aliphatic heterocycles. The quantitative estimate of drug-likeness (QED) is 0.407. The Balaban J connectivity index is 3.69. The molecule has 8 heteroatoms. The fraction of sp³-hybridized carbons (Fsp3) is 0.667. The molecular weight excluding hydrogens is 196 g/mol. The summed E-state index contributed by atoms with van der Waals surface area (Å²) in [6.07, 6.45) is -4.93.